The van der Waals surface area contributed by atoms with Crippen LogP contribution in [-0.2, 0) is 9.53 Å². The highest BCUT2D eigenvalue weighted by molar-refractivity contribution is 5.98. The Labute approximate surface area is 138 Å². The molecule has 1 rings (SSSR count). The summed E-state index contributed by atoms with van der Waals surface area (Å²) < 4.78 is 55.9. The molecule has 2 unspecified atom stereocenters. The summed E-state index contributed by atoms with van der Waals surface area (Å²) in [6.07, 6.45) is -6.59. The van der Waals surface area contributed by atoms with Crippen molar-refractivity contribution in [1.82, 2.24) is 0 Å². The van der Waals surface area contributed by atoms with Crippen molar-refractivity contribution in [2.75, 3.05) is 18.5 Å². The van der Waals surface area contributed by atoms with E-state index in [2.05, 4.69) is 4.74 Å². The molecule has 11 heteroatoms. The number of aliphatic hydroxyl groups is 3. The molecule has 1 aromatic carbocycles. The lowest BCUT2D eigenvalue weighted by Gasteiger charge is -2.24. The third-order valence-corrected chi connectivity index (χ3v) is 3.06. The number of ether oxygens (including phenoxy) is 1. The van der Waals surface area contributed by atoms with Crippen molar-refractivity contribution in [2.45, 2.75) is 24.8 Å². The second-order valence-corrected chi connectivity index (χ2v) is 5.15. The van der Waals surface area contributed by atoms with Gasteiger partial charge in [-0.3, -0.25) is 4.79 Å². The second kappa shape index (κ2) is 7.76. The van der Waals surface area contributed by atoms with E-state index in [-0.39, 0.29) is 6.92 Å². The number of anilines is 1. The van der Waals surface area contributed by atoms with Gasteiger partial charge in [-0.25, -0.2) is 9.18 Å². The fourth-order valence-corrected chi connectivity index (χ4v) is 1.44. The van der Waals surface area contributed by atoms with Crippen molar-refractivity contribution in [3.63, 3.8) is 0 Å². The van der Waals surface area contributed by atoms with Crippen molar-refractivity contribution < 1.29 is 47.2 Å². The fraction of sp³-hybridized carbons (Fsp3) is 0.429. The SMILES string of the molecule is CC(O)(C(=O)Nc1ccc(C(=O)OCC(O)CO)c(F)c1)C(F)(F)F. The predicted molar refractivity (Wildman–Crippen MR) is 75.1 cm³/mol. The average Bonchev–Trinajstić information content (AvgIpc) is 2.51. The Kier molecular flexibility index (Phi) is 6.46. The topological polar surface area (TPSA) is 116 Å². The molecule has 0 spiro atoms. The smallest absolute Gasteiger partial charge is 0.426 e. The Morgan fingerprint density at radius 1 is 1.32 bits per heavy atom. The molecule has 0 bridgehead atoms. The van der Waals surface area contributed by atoms with Crippen LogP contribution in [0.15, 0.2) is 18.2 Å². The molecule has 1 amide bonds. The number of nitrogens with one attached hydrogen (secondary N) is 1. The van der Waals surface area contributed by atoms with Gasteiger partial charge in [0.05, 0.1) is 12.2 Å². The van der Waals surface area contributed by atoms with Crippen LogP contribution in [0.3, 0.4) is 0 Å². The van der Waals surface area contributed by atoms with E-state index in [1.165, 1.54) is 0 Å². The second-order valence-electron chi connectivity index (χ2n) is 5.15. The van der Waals surface area contributed by atoms with Crippen LogP contribution in [-0.4, -0.2) is 58.3 Å². The minimum absolute atomic E-state index is 0.233. The van der Waals surface area contributed by atoms with E-state index in [1.807, 2.05) is 0 Å². The predicted octanol–water partition coefficient (Wildman–Crippen LogP) is 0.587. The molecule has 140 valence electrons. The summed E-state index contributed by atoms with van der Waals surface area (Å²) in [5.74, 6) is -4.24. The lowest BCUT2D eigenvalue weighted by atomic mass is 10.1. The van der Waals surface area contributed by atoms with Gasteiger partial charge in [-0.15, -0.1) is 0 Å². The van der Waals surface area contributed by atoms with E-state index in [0.717, 1.165) is 12.1 Å². The van der Waals surface area contributed by atoms with Crippen LogP contribution in [0.25, 0.3) is 0 Å². The molecule has 0 radical (unpaired) electrons. The number of carbonyl (C=O) groups is 2. The minimum atomic E-state index is -5.24. The first-order chi connectivity index (χ1) is 11.4. The van der Waals surface area contributed by atoms with E-state index in [4.69, 9.17) is 10.2 Å². The molecule has 0 heterocycles. The van der Waals surface area contributed by atoms with Crippen molar-refractivity contribution >= 4 is 17.6 Å². The Balaban J connectivity index is 2.86. The van der Waals surface area contributed by atoms with E-state index in [0.29, 0.717) is 6.07 Å². The highest BCUT2D eigenvalue weighted by atomic mass is 19.4. The summed E-state index contributed by atoms with van der Waals surface area (Å²) in [4.78, 5) is 23.1. The largest absolute Gasteiger partial charge is 0.459 e. The van der Waals surface area contributed by atoms with Gasteiger partial charge in [0.2, 0.25) is 5.60 Å². The first-order valence-electron chi connectivity index (χ1n) is 6.76. The molecule has 0 aliphatic rings. The van der Waals surface area contributed by atoms with Crippen molar-refractivity contribution in [3.05, 3.63) is 29.6 Å². The molecular weight excluding hydrogens is 354 g/mol. The number of esters is 1. The number of alkyl halides is 3. The molecule has 0 saturated carbocycles. The zero-order chi connectivity index (χ0) is 19.4. The van der Waals surface area contributed by atoms with Gasteiger partial charge in [0.15, 0.2) is 0 Å². The highest BCUT2D eigenvalue weighted by Crippen LogP contribution is 2.31. The number of halogens is 4. The lowest BCUT2D eigenvalue weighted by molar-refractivity contribution is -0.242. The van der Waals surface area contributed by atoms with Crippen LogP contribution in [0.2, 0.25) is 0 Å². The van der Waals surface area contributed by atoms with Gasteiger partial charge in [0, 0.05) is 5.69 Å². The Morgan fingerprint density at radius 2 is 1.92 bits per heavy atom. The molecule has 7 nitrogen and oxygen atoms in total. The number of rotatable bonds is 6. The summed E-state index contributed by atoms with van der Waals surface area (Å²) in [7, 11) is 0. The quantitative estimate of drug-likeness (QED) is 0.431. The number of benzene rings is 1. The van der Waals surface area contributed by atoms with Gasteiger partial charge in [-0.2, -0.15) is 13.2 Å². The maximum atomic E-state index is 13.8. The molecule has 2 atom stereocenters. The van der Waals surface area contributed by atoms with Gasteiger partial charge in [-0.05, 0) is 25.1 Å². The van der Waals surface area contributed by atoms with Crippen molar-refractivity contribution in [2.24, 2.45) is 0 Å². The van der Waals surface area contributed by atoms with Crippen LogP contribution in [0.5, 0.6) is 0 Å². The van der Waals surface area contributed by atoms with Crippen LogP contribution >= 0.6 is 0 Å². The minimum Gasteiger partial charge on any atom is -0.459 e. The van der Waals surface area contributed by atoms with Gasteiger partial charge in [-0.1, -0.05) is 0 Å². The van der Waals surface area contributed by atoms with E-state index in [9.17, 15) is 32.3 Å². The third-order valence-electron chi connectivity index (χ3n) is 3.06. The molecule has 0 fully saturated rings. The third kappa shape index (κ3) is 5.11. The average molecular weight is 369 g/mol. The number of amides is 1. The number of aliphatic hydroxyl groups excluding tert-OH is 2. The molecule has 0 saturated heterocycles. The van der Waals surface area contributed by atoms with Gasteiger partial charge < -0.3 is 25.4 Å². The summed E-state index contributed by atoms with van der Waals surface area (Å²) >= 11 is 0. The maximum absolute atomic E-state index is 13.8. The maximum Gasteiger partial charge on any atom is 0.426 e. The van der Waals surface area contributed by atoms with E-state index < -0.39 is 60.0 Å². The van der Waals surface area contributed by atoms with Crippen molar-refractivity contribution in [3.8, 4) is 0 Å². The van der Waals surface area contributed by atoms with Crippen molar-refractivity contribution in [1.29, 1.82) is 0 Å². The first-order valence-corrected chi connectivity index (χ1v) is 6.76. The summed E-state index contributed by atoms with van der Waals surface area (Å²) in [5.41, 5.74) is -4.73. The monoisotopic (exact) mass is 369 g/mol. The van der Waals surface area contributed by atoms with Crippen LogP contribution in [0.1, 0.15) is 17.3 Å². The normalized spacial score (nSPS) is 15.2. The first kappa shape index (κ1) is 20.8. The van der Waals surface area contributed by atoms with Crippen LogP contribution in [0, 0.1) is 5.82 Å². The Hall–Kier alpha value is -2.24. The highest BCUT2D eigenvalue weighted by Gasteiger charge is 2.55. The molecule has 25 heavy (non-hydrogen) atoms. The van der Waals surface area contributed by atoms with E-state index in [1.54, 1.807) is 5.32 Å². The number of hydrogen-bond donors (Lipinski definition) is 4. The summed E-state index contributed by atoms with van der Waals surface area (Å²) in [6, 6.07) is 2.32. The lowest BCUT2D eigenvalue weighted by Crippen LogP contribution is -2.52. The zero-order valence-corrected chi connectivity index (χ0v) is 12.8. The Bertz CT molecular complexity index is 647. The van der Waals surface area contributed by atoms with Gasteiger partial charge in [0.25, 0.3) is 5.91 Å². The van der Waals surface area contributed by atoms with Gasteiger partial charge in [0.1, 0.15) is 18.5 Å². The number of carbonyl (C=O) groups excluding carboxylic acids is 2. The van der Waals surface area contributed by atoms with Gasteiger partial charge >= 0.3 is 12.1 Å². The van der Waals surface area contributed by atoms with Crippen LogP contribution in [0.4, 0.5) is 23.2 Å². The standard InChI is InChI=1S/C14H15F4NO6/c1-13(24,14(16,17)18)12(23)19-7-2-3-9(10(15)4-7)11(22)25-6-8(21)5-20/h2-4,8,20-21,24H,5-6H2,1H3,(H,19,23). The zero-order valence-electron chi connectivity index (χ0n) is 12.8. The number of hydrogen-bond acceptors (Lipinski definition) is 6. The molecule has 1 aromatic rings. The molecule has 0 aliphatic heterocycles. The molecule has 0 aliphatic carbocycles. The van der Waals surface area contributed by atoms with Crippen LogP contribution < -0.4 is 5.32 Å². The molecular formula is C14H15F4NO6. The fourth-order valence-electron chi connectivity index (χ4n) is 1.44. The Morgan fingerprint density at radius 3 is 2.40 bits per heavy atom. The molecule has 4 N–H and O–H groups in total. The summed E-state index contributed by atoms with van der Waals surface area (Å²) in [6.45, 7) is -1.04. The summed E-state index contributed by atoms with van der Waals surface area (Å²) in [5, 5.41) is 28.5. The molecule has 0 aromatic heterocycles. The van der Waals surface area contributed by atoms with E-state index >= 15 is 0 Å².